The van der Waals surface area contributed by atoms with Crippen molar-refractivity contribution in [2.24, 2.45) is 5.41 Å². The monoisotopic (exact) mass is 322 g/mol. The second-order valence-corrected chi connectivity index (χ2v) is 6.71. The van der Waals surface area contributed by atoms with Gasteiger partial charge < -0.3 is 9.47 Å². The number of alkyl halides is 1. The number of rotatable bonds is 10. The average Bonchev–Trinajstić information content (AvgIpc) is 2.27. The number of halogens is 1. The summed E-state index contributed by atoms with van der Waals surface area (Å²) in [5.74, 6) is 0. The maximum Gasteiger partial charge on any atom is 0.0707 e. The van der Waals surface area contributed by atoms with Crippen molar-refractivity contribution in [3.63, 3.8) is 0 Å². The van der Waals surface area contributed by atoms with Gasteiger partial charge in [-0.2, -0.15) is 0 Å². The summed E-state index contributed by atoms with van der Waals surface area (Å²) in [5.41, 5.74) is 0.244. The minimum absolute atomic E-state index is 0.0668. The molecule has 0 rings (SSSR count). The third kappa shape index (κ3) is 8.49. The van der Waals surface area contributed by atoms with Crippen molar-refractivity contribution < 1.29 is 9.47 Å². The molecule has 0 unspecified atom stereocenters. The summed E-state index contributed by atoms with van der Waals surface area (Å²) in [5, 5.41) is 1.03. The first kappa shape index (κ1) is 18.4. The van der Waals surface area contributed by atoms with Gasteiger partial charge in [-0.25, -0.2) is 0 Å². The van der Waals surface area contributed by atoms with Crippen molar-refractivity contribution in [1.82, 2.24) is 0 Å². The molecule has 0 aliphatic rings. The molecule has 0 atom stereocenters. The topological polar surface area (TPSA) is 18.5 Å². The zero-order valence-electron chi connectivity index (χ0n) is 12.9. The minimum atomic E-state index is -0.0668. The average molecular weight is 323 g/mol. The van der Waals surface area contributed by atoms with Crippen LogP contribution in [0.25, 0.3) is 0 Å². The van der Waals surface area contributed by atoms with E-state index in [0.717, 1.165) is 11.9 Å². The quantitative estimate of drug-likeness (QED) is 0.425. The lowest BCUT2D eigenvalue weighted by Crippen LogP contribution is -2.30. The summed E-state index contributed by atoms with van der Waals surface area (Å²) in [6, 6.07) is 0. The second-order valence-electron chi connectivity index (χ2n) is 6.15. The van der Waals surface area contributed by atoms with Crippen LogP contribution in [0.4, 0.5) is 0 Å². The fourth-order valence-corrected chi connectivity index (χ4v) is 2.92. The van der Waals surface area contributed by atoms with Gasteiger partial charge in [0.1, 0.15) is 0 Å². The Morgan fingerprint density at radius 1 is 0.944 bits per heavy atom. The fourth-order valence-electron chi connectivity index (χ4n) is 2.20. The van der Waals surface area contributed by atoms with Crippen molar-refractivity contribution in [3.05, 3.63) is 0 Å². The van der Waals surface area contributed by atoms with Gasteiger partial charge >= 0.3 is 0 Å². The summed E-state index contributed by atoms with van der Waals surface area (Å²) >= 11 is 3.66. The fraction of sp³-hybridized carbons (Fsp3) is 1.00. The van der Waals surface area contributed by atoms with Crippen molar-refractivity contribution in [2.75, 3.05) is 25.2 Å². The van der Waals surface area contributed by atoms with E-state index >= 15 is 0 Å². The lowest BCUT2D eigenvalue weighted by molar-refractivity contribution is -0.0482. The van der Waals surface area contributed by atoms with Crippen LogP contribution in [0.5, 0.6) is 0 Å². The SMILES string of the molecule is CCCC(CBr)(CCC)COCCOC(C)(C)C. The van der Waals surface area contributed by atoms with E-state index in [1.165, 1.54) is 25.7 Å². The predicted molar refractivity (Wildman–Crippen MR) is 82.6 cm³/mol. The molecule has 0 aliphatic heterocycles. The van der Waals surface area contributed by atoms with Gasteiger partial charge in [0.15, 0.2) is 0 Å². The summed E-state index contributed by atoms with van der Waals surface area (Å²) in [7, 11) is 0. The molecule has 3 heteroatoms. The molecule has 0 saturated carbocycles. The molecule has 0 saturated heterocycles. The molecule has 0 aromatic heterocycles. The smallest absolute Gasteiger partial charge is 0.0707 e. The lowest BCUT2D eigenvalue weighted by Gasteiger charge is -2.31. The van der Waals surface area contributed by atoms with E-state index in [4.69, 9.17) is 9.47 Å². The van der Waals surface area contributed by atoms with Crippen molar-refractivity contribution in [3.8, 4) is 0 Å². The zero-order chi connectivity index (χ0) is 14.1. The van der Waals surface area contributed by atoms with E-state index in [0.29, 0.717) is 18.6 Å². The molecular formula is C15H31BrO2. The molecule has 0 radical (unpaired) electrons. The molecular weight excluding hydrogens is 292 g/mol. The Labute approximate surface area is 122 Å². The number of hydrogen-bond acceptors (Lipinski definition) is 2. The third-order valence-corrected chi connectivity index (χ3v) is 4.20. The van der Waals surface area contributed by atoms with E-state index < -0.39 is 0 Å². The van der Waals surface area contributed by atoms with Gasteiger partial charge in [0.2, 0.25) is 0 Å². The second kappa shape index (κ2) is 9.33. The van der Waals surface area contributed by atoms with Crippen LogP contribution in [-0.4, -0.2) is 30.8 Å². The van der Waals surface area contributed by atoms with Gasteiger partial charge in [-0.15, -0.1) is 0 Å². The van der Waals surface area contributed by atoms with Gasteiger partial charge in [-0.1, -0.05) is 42.6 Å². The Balaban J connectivity index is 3.96. The van der Waals surface area contributed by atoms with Crippen molar-refractivity contribution in [1.29, 1.82) is 0 Å². The van der Waals surface area contributed by atoms with Gasteiger partial charge in [-0.3, -0.25) is 0 Å². The molecule has 0 aliphatic carbocycles. The largest absolute Gasteiger partial charge is 0.378 e. The summed E-state index contributed by atoms with van der Waals surface area (Å²) in [4.78, 5) is 0. The van der Waals surface area contributed by atoms with Gasteiger partial charge in [0, 0.05) is 10.7 Å². The van der Waals surface area contributed by atoms with E-state index in [2.05, 4.69) is 50.5 Å². The summed E-state index contributed by atoms with van der Waals surface area (Å²) < 4.78 is 11.5. The van der Waals surface area contributed by atoms with Crippen molar-refractivity contribution >= 4 is 15.9 Å². The van der Waals surface area contributed by atoms with Crippen LogP contribution >= 0.6 is 15.9 Å². The molecule has 0 fully saturated rings. The summed E-state index contributed by atoms with van der Waals surface area (Å²) in [6.45, 7) is 12.9. The molecule has 2 nitrogen and oxygen atoms in total. The molecule has 0 N–H and O–H groups in total. The Bertz CT molecular complexity index is 193. The highest BCUT2D eigenvalue weighted by Gasteiger charge is 2.27. The minimum Gasteiger partial charge on any atom is -0.378 e. The van der Waals surface area contributed by atoms with Crippen LogP contribution in [0, 0.1) is 5.41 Å². The first-order valence-corrected chi connectivity index (χ1v) is 8.29. The normalized spacial score (nSPS) is 13.0. The highest BCUT2D eigenvalue weighted by atomic mass is 79.9. The zero-order valence-corrected chi connectivity index (χ0v) is 14.4. The van der Waals surface area contributed by atoms with Crippen LogP contribution in [0.2, 0.25) is 0 Å². The molecule has 0 aromatic rings. The third-order valence-electron chi connectivity index (χ3n) is 3.02. The Morgan fingerprint density at radius 3 is 1.89 bits per heavy atom. The highest BCUT2D eigenvalue weighted by molar-refractivity contribution is 9.09. The summed E-state index contributed by atoms with van der Waals surface area (Å²) in [6.07, 6.45) is 4.89. The predicted octanol–water partition coefficient (Wildman–Crippen LogP) is 4.80. The van der Waals surface area contributed by atoms with E-state index in [9.17, 15) is 0 Å². The number of hydrogen-bond donors (Lipinski definition) is 0. The Morgan fingerprint density at radius 2 is 1.50 bits per heavy atom. The molecule has 0 heterocycles. The van der Waals surface area contributed by atoms with Crippen LogP contribution in [-0.2, 0) is 9.47 Å². The molecule has 0 amide bonds. The maximum atomic E-state index is 5.84. The van der Waals surface area contributed by atoms with Crippen LogP contribution < -0.4 is 0 Å². The molecule has 18 heavy (non-hydrogen) atoms. The molecule has 0 aromatic carbocycles. The maximum absolute atomic E-state index is 5.84. The first-order chi connectivity index (χ1) is 8.39. The van der Waals surface area contributed by atoms with Crippen molar-refractivity contribution in [2.45, 2.75) is 65.9 Å². The Kier molecular flexibility index (Phi) is 9.53. The van der Waals surface area contributed by atoms with Gasteiger partial charge in [0.05, 0.1) is 25.4 Å². The molecule has 0 spiro atoms. The first-order valence-electron chi connectivity index (χ1n) is 7.17. The lowest BCUT2D eigenvalue weighted by atomic mass is 9.82. The van der Waals surface area contributed by atoms with Crippen LogP contribution in [0.3, 0.4) is 0 Å². The van der Waals surface area contributed by atoms with Gasteiger partial charge in [-0.05, 0) is 33.6 Å². The number of ether oxygens (including phenoxy) is 2. The van der Waals surface area contributed by atoms with E-state index in [1.54, 1.807) is 0 Å². The van der Waals surface area contributed by atoms with E-state index in [-0.39, 0.29) is 5.60 Å². The molecule has 0 bridgehead atoms. The van der Waals surface area contributed by atoms with Crippen LogP contribution in [0.15, 0.2) is 0 Å². The van der Waals surface area contributed by atoms with E-state index in [1.807, 2.05) is 0 Å². The Hall–Kier alpha value is 0.400. The standard InChI is InChI=1S/C15H31BrO2/c1-6-8-15(12-16,9-7-2)13-17-10-11-18-14(3,4)5/h6-13H2,1-5H3. The highest BCUT2D eigenvalue weighted by Crippen LogP contribution is 2.32. The van der Waals surface area contributed by atoms with Gasteiger partial charge in [0.25, 0.3) is 0 Å². The molecule has 110 valence electrons. The van der Waals surface area contributed by atoms with Crippen LogP contribution in [0.1, 0.15) is 60.3 Å².